The van der Waals surface area contributed by atoms with E-state index in [4.69, 9.17) is 17.3 Å². The normalized spacial score (nSPS) is 12.9. The van der Waals surface area contributed by atoms with Gasteiger partial charge < -0.3 is 5.73 Å². The quantitative estimate of drug-likeness (QED) is 0.702. The van der Waals surface area contributed by atoms with Crippen molar-refractivity contribution in [2.45, 2.75) is 12.5 Å². The summed E-state index contributed by atoms with van der Waals surface area (Å²) in [6.45, 7) is 0. The third-order valence-corrected chi connectivity index (χ3v) is 1.75. The lowest BCUT2D eigenvalue weighted by Gasteiger charge is -2.07. The topological polar surface area (TPSA) is 38.9 Å². The Balaban J connectivity index is 2.61. The van der Waals surface area contributed by atoms with Crippen LogP contribution in [0.15, 0.2) is 24.5 Å². The van der Waals surface area contributed by atoms with Crippen LogP contribution in [0.25, 0.3) is 0 Å². The third kappa shape index (κ3) is 2.48. The van der Waals surface area contributed by atoms with Gasteiger partial charge in [-0.15, -0.1) is 11.6 Å². The summed E-state index contributed by atoms with van der Waals surface area (Å²) >= 11 is 5.55. The summed E-state index contributed by atoms with van der Waals surface area (Å²) < 4.78 is 0. The first kappa shape index (κ1) is 8.50. The van der Waals surface area contributed by atoms with E-state index in [0.717, 1.165) is 12.0 Å². The molecule has 1 aromatic rings. The first-order chi connectivity index (χ1) is 5.34. The van der Waals surface area contributed by atoms with Crippen molar-refractivity contribution in [3.63, 3.8) is 0 Å². The van der Waals surface area contributed by atoms with Crippen LogP contribution >= 0.6 is 11.6 Å². The van der Waals surface area contributed by atoms with Crippen LogP contribution in [0.2, 0.25) is 0 Å². The van der Waals surface area contributed by atoms with Gasteiger partial charge in [0.15, 0.2) is 0 Å². The van der Waals surface area contributed by atoms with Crippen molar-refractivity contribution >= 4 is 11.6 Å². The van der Waals surface area contributed by atoms with Crippen LogP contribution in [0.3, 0.4) is 0 Å². The van der Waals surface area contributed by atoms with Gasteiger partial charge in [0.05, 0.1) is 0 Å². The lowest BCUT2D eigenvalue weighted by atomic mass is 10.1. The van der Waals surface area contributed by atoms with Crippen molar-refractivity contribution in [2.24, 2.45) is 5.73 Å². The van der Waals surface area contributed by atoms with Gasteiger partial charge in [-0.05, 0) is 18.1 Å². The number of halogens is 1. The third-order valence-electron chi connectivity index (χ3n) is 1.53. The molecule has 1 aromatic heterocycles. The molecule has 11 heavy (non-hydrogen) atoms. The maximum atomic E-state index is 5.78. The maximum Gasteiger partial charge on any atom is 0.0321 e. The van der Waals surface area contributed by atoms with Crippen molar-refractivity contribution < 1.29 is 0 Å². The molecule has 1 rings (SSSR count). The summed E-state index contributed by atoms with van der Waals surface area (Å²) in [5, 5.41) is 0. The monoisotopic (exact) mass is 170 g/mol. The second-order valence-electron chi connectivity index (χ2n) is 2.37. The van der Waals surface area contributed by atoms with E-state index in [1.54, 1.807) is 12.4 Å². The van der Waals surface area contributed by atoms with Crippen molar-refractivity contribution in [1.82, 2.24) is 4.98 Å². The lowest BCUT2D eigenvalue weighted by molar-refractivity contribution is 0.699. The van der Waals surface area contributed by atoms with E-state index in [1.165, 1.54) is 0 Å². The van der Waals surface area contributed by atoms with Gasteiger partial charge in [-0.1, -0.05) is 6.07 Å². The molecule has 1 heterocycles. The van der Waals surface area contributed by atoms with Gasteiger partial charge in [0.1, 0.15) is 0 Å². The summed E-state index contributed by atoms with van der Waals surface area (Å²) in [5.74, 6) is 0.593. The van der Waals surface area contributed by atoms with Crippen molar-refractivity contribution in [3.05, 3.63) is 30.1 Å². The van der Waals surface area contributed by atoms with Crippen molar-refractivity contribution in [2.75, 3.05) is 5.88 Å². The van der Waals surface area contributed by atoms with Crippen LogP contribution in [0.5, 0.6) is 0 Å². The SMILES string of the molecule is NC(CCCl)c1cccnc1. The second kappa shape index (κ2) is 4.31. The molecule has 0 aliphatic carbocycles. The zero-order valence-corrected chi connectivity index (χ0v) is 6.96. The molecule has 1 atom stereocenters. The molecular formula is C8H11ClN2. The molecule has 0 fully saturated rings. The van der Waals surface area contributed by atoms with Gasteiger partial charge in [-0.3, -0.25) is 4.98 Å². The Kier molecular flexibility index (Phi) is 3.33. The minimum Gasteiger partial charge on any atom is -0.324 e. The van der Waals surface area contributed by atoms with Crippen LogP contribution in [0.4, 0.5) is 0 Å². The van der Waals surface area contributed by atoms with Gasteiger partial charge in [-0.25, -0.2) is 0 Å². The van der Waals surface area contributed by atoms with E-state index in [-0.39, 0.29) is 6.04 Å². The highest BCUT2D eigenvalue weighted by molar-refractivity contribution is 6.17. The van der Waals surface area contributed by atoms with Gasteiger partial charge in [-0.2, -0.15) is 0 Å². The van der Waals surface area contributed by atoms with Crippen LogP contribution < -0.4 is 5.73 Å². The molecule has 0 aromatic carbocycles. The Morgan fingerprint density at radius 3 is 3.00 bits per heavy atom. The average molecular weight is 171 g/mol. The summed E-state index contributed by atoms with van der Waals surface area (Å²) in [5.41, 5.74) is 6.83. The fourth-order valence-corrected chi connectivity index (χ4v) is 1.11. The van der Waals surface area contributed by atoms with Gasteiger partial charge >= 0.3 is 0 Å². The van der Waals surface area contributed by atoms with Crippen LogP contribution in [-0.4, -0.2) is 10.9 Å². The fraction of sp³-hybridized carbons (Fsp3) is 0.375. The van der Waals surface area contributed by atoms with Gasteiger partial charge in [0.25, 0.3) is 0 Å². The number of nitrogens with two attached hydrogens (primary N) is 1. The summed E-state index contributed by atoms with van der Waals surface area (Å²) in [6.07, 6.45) is 4.31. The minimum atomic E-state index is 0.0289. The lowest BCUT2D eigenvalue weighted by Crippen LogP contribution is -2.10. The van der Waals surface area contributed by atoms with E-state index in [2.05, 4.69) is 4.98 Å². The van der Waals surface area contributed by atoms with E-state index in [1.807, 2.05) is 12.1 Å². The Labute approximate surface area is 71.4 Å². The van der Waals surface area contributed by atoms with Crippen LogP contribution in [0.1, 0.15) is 18.0 Å². The van der Waals surface area contributed by atoms with Gasteiger partial charge in [0, 0.05) is 24.3 Å². The number of rotatable bonds is 3. The molecule has 60 valence electrons. The van der Waals surface area contributed by atoms with E-state index >= 15 is 0 Å². The molecule has 2 N–H and O–H groups in total. The van der Waals surface area contributed by atoms with Gasteiger partial charge in [0.2, 0.25) is 0 Å². The minimum absolute atomic E-state index is 0.0289. The Bertz CT molecular complexity index is 201. The summed E-state index contributed by atoms with van der Waals surface area (Å²) in [4.78, 5) is 3.96. The predicted molar refractivity (Wildman–Crippen MR) is 46.5 cm³/mol. The fourth-order valence-electron chi connectivity index (χ4n) is 0.880. The highest BCUT2D eigenvalue weighted by Gasteiger charge is 2.02. The molecule has 0 spiro atoms. The average Bonchev–Trinajstić information content (AvgIpc) is 2.07. The Morgan fingerprint density at radius 1 is 1.64 bits per heavy atom. The molecular weight excluding hydrogens is 160 g/mol. The molecule has 0 aliphatic heterocycles. The standard InChI is InChI=1S/C8H11ClN2/c9-4-3-8(10)7-2-1-5-11-6-7/h1-2,5-6,8H,3-4,10H2. The number of aromatic nitrogens is 1. The molecule has 2 nitrogen and oxygen atoms in total. The van der Waals surface area contributed by atoms with Crippen molar-refractivity contribution in [3.8, 4) is 0 Å². The number of pyridine rings is 1. The molecule has 0 saturated carbocycles. The number of hydrogen-bond donors (Lipinski definition) is 1. The Morgan fingerprint density at radius 2 is 2.45 bits per heavy atom. The molecule has 0 saturated heterocycles. The van der Waals surface area contributed by atoms with E-state index < -0.39 is 0 Å². The molecule has 1 unspecified atom stereocenters. The Hall–Kier alpha value is -0.600. The van der Waals surface area contributed by atoms with Crippen LogP contribution in [-0.2, 0) is 0 Å². The molecule has 0 radical (unpaired) electrons. The van der Waals surface area contributed by atoms with E-state index in [9.17, 15) is 0 Å². The molecule has 0 amide bonds. The zero-order chi connectivity index (χ0) is 8.10. The first-order valence-corrected chi connectivity index (χ1v) is 4.09. The number of alkyl halides is 1. The van der Waals surface area contributed by atoms with E-state index in [0.29, 0.717) is 5.88 Å². The molecule has 0 bridgehead atoms. The second-order valence-corrected chi connectivity index (χ2v) is 2.75. The molecule has 0 aliphatic rings. The highest BCUT2D eigenvalue weighted by atomic mass is 35.5. The largest absolute Gasteiger partial charge is 0.324 e. The number of hydrogen-bond acceptors (Lipinski definition) is 2. The summed E-state index contributed by atoms with van der Waals surface area (Å²) in [7, 11) is 0. The number of nitrogens with zero attached hydrogens (tertiary/aromatic N) is 1. The molecule has 3 heteroatoms. The first-order valence-electron chi connectivity index (χ1n) is 3.56. The smallest absolute Gasteiger partial charge is 0.0321 e. The summed E-state index contributed by atoms with van der Waals surface area (Å²) in [6, 6.07) is 3.87. The maximum absolute atomic E-state index is 5.78. The van der Waals surface area contributed by atoms with Crippen LogP contribution in [0, 0.1) is 0 Å². The highest BCUT2D eigenvalue weighted by Crippen LogP contribution is 2.11. The zero-order valence-electron chi connectivity index (χ0n) is 6.20. The van der Waals surface area contributed by atoms with Crippen molar-refractivity contribution in [1.29, 1.82) is 0 Å². The predicted octanol–water partition coefficient (Wildman–Crippen LogP) is 1.71.